The molecule has 1 aliphatic rings. The summed E-state index contributed by atoms with van der Waals surface area (Å²) in [4.78, 5) is 28.5. The first kappa shape index (κ1) is 21.8. The highest BCUT2D eigenvalue weighted by atomic mass is 19.4. The molecule has 0 radical (unpaired) electrons. The van der Waals surface area contributed by atoms with Crippen molar-refractivity contribution >= 4 is 22.8 Å². The Morgan fingerprint density at radius 2 is 1.94 bits per heavy atom. The van der Waals surface area contributed by atoms with Crippen LogP contribution < -0.4 is 5.32 Å². The van der Waals surface area contributed by atoms with E-state index in [0.29, 0.717) is 0 Å². The number of aromatic nitrogens is 6. The Labute approximate surface area is 187 Å². The van der Waals surface area contributed by atoms with Gasteiger partial charge in [0.1, 0.15) is 23.1 Å². The van der Waals surface area contributed by atoms with Crippen LogP contribution in [-0.2, 0) is 16.8 Å². The van der Waals surface area contributed by atoms with Crippen LogP contribution in [-0.4, -0.2) is 41.8 Å². The Morgan fingerprint density at radius 3 is 2.65 bits per heavy atom. The van der Waals surface area contributed by atoms with E-state index in [0.717, 1.165) is 19.2 Å². The average Bonchev–Trinajstić information content (AvgIpc) is 3.24. The van der Waals surface area contributed by atoms with Crippen molar-refractivity contribution in [2.45, 2.75) is 32.0 Å². The molecule has 13 heteroatoms. The molecule has 0 bridgehead atoms. The van der Waals surface area contributed by atoms with Crippen LogP contribution in [0.5, 0.6) is 0 Å². The zero-order chi connectivity index (χ0) is 24.4. The van der Waals surface area contributed by atoms with Crippen LogP contribution in [0.25, 0.3) is 22.6 Å². The van der Waals surface area contributed by atoms with Gasteiger partial charge in [0, 0.05) is 17.5 Å². The molecular formula is C21H14F5N7O. The summed E-state index contributed by atoms with van der Waals surface area (Å²) in [6.45, 7) is 1.92. The van der Waals surface area contributed by atoms with Crippen LogP contribution in [0.15, 0.2) is 30.6 Å². The van der Waals surface area contributed by atoms with Crippen LogP contribution in [0.1, 0.15) is 23.9 Å². The van der Waals surface area contributed by atoms with Crippen molar-refractivity contribution in [2.75, 3.05) is 5.32 Å². The van der Waals surface area contributed by atoms with E-state index >= 15 is 0 Å². The molecule has 4 aromatic rings. The minimum atomic E-state index is -4.88. The highest BCUT2D eigenvalue weighted by Gasteiger charge is 2.63. The summed E-state index contributed by atoms with van der Waals surface area (Å²) in [5, 5.41) is 6.65. The number of alkyl halides is 3. The molecule has 1 amide bonds. The van der Waals surface area contributed by atoms with Gasteiger partial charge in [-0.2, -0.15) is 18.3 Å². The van der Waals surface area contributed by atoms with Gasteiger partial charge in [-0.1, -0.05) is 0 Å². The lowest BCUT2D eigenvalue weighted by atomic mass is 9.83. The van der Waals surface area contributed by atoms with Crippen LogP contribution in [0.3, 0.4) is 0 Å². The zero-order valence-electron chi connectivity index (χ0n) is 17.6. The van der Waals surface area contributed by atoms with Crippen molar-refractivity contribution in [3.63, 3.8) is 0 Å². The number of carbonyl (C=O) groups excluding carboxylic acids is 1. The largest absolute Gasteiger partial charge is 0.407 e. The van der Waals surface area contributed by atoms with E-state index < -0.39 is 34.7 Å². The van der Waals surface area contributed by atoms with Crippen molar-refractivity contribution < 1.29 is 26.7 Å². The predicted molar refractivity (Wildman–Crippen MR) is 109 cm³/mol. The summed E-state index contributed by atoms with van der Waals surface area (Å²) >= 11 is 0. The maximum atomic E-state index is 14.1. The number of hydrogen-bond donors (Lipinski definition) is 1. The summed E-state index contributed by atoms with van der Waals surface area (Å²) in [5.41, 5.74) is -3.11. The summed E-state index contributed by atoms with van der Waals surface area (Å²) in [6, 6.07) is 3.75. The van der Waals surface area contributed by atoms with Gasteiger partial charge in [-0.3, -0.25) is 9.78 Å². The molecule has 5 rings (SSSR count). The number of amides is 1. The number of pyridine rings is 2. The summed E-state index contributed by atoms with van der Waals surface area (Å²) in [5.74, 6) is -3.03. The van der Waals surface area contributed by atoms with Crippen LogP contribution in [0.2, 0.25) is 0 Å². The standard InChI is InChI=1S/C21H14F5N7O/c1-9-14-16(31-19(34)20(14,2)21(24,25)26)30-17(29-9)15-11-6-10(22)7-28-18(11)33(32-15)8-13-12(23)4-3-5-27-13/h3-7H,8H2,1-2H3,(H,29,30,31,34). The van der Waals surface area contributed by atoms with E-state index in [4.69, 9.17) is 0 Å². The minimum absolute atomic E-state index is 0.000833. The fraction of sp³-hybridized carbons (Fsp3) is 0.238. The lowest BCUT2D eigenvalue weighted by molar-refractivity contribution is -0.186. The number of rotatable bonds is 3. The second-order valence-corrected chi connectivity index (χ2v) is 7.90. The molecule has 8 nitrogen and oxygen atoms in total. The molecule has 0 fully saturated rings. The van der Waals surface area contributed by atoms with Gasteiger partial charge in [-0.25, -0.2) is 28.4 Å². The van der Waals surface area contributed by atoms with Gasteiger partial charge in [0.05, 0.1) is 23.8 Å². The van der Waals surface area contributed by atoms with Gasteiger partial charge in [-0.05, 0) is 32.0 Å². The SMILES string of the molecule is Cc1nc(-c2nn(Cc3ncccc3F)c3ncc(F)cc23)nc2c1C(C)(C(F)(F)F)C(=O)N2. The maximum absolute atomic E-state index is 14.1. The first-order valence-corrected chi connectivity index (χ1v) is 9.90. The number of carbonyl (C=O) groups is 1. The quantitative estimate of drug-likeness (QED) is 0.454. The van der Waals surface area contributed by atoms with Crippen LogP contribution >= 0.6 is 0 Å². The summed E-state index contributed by atoms with van der Waals surface area (Å²) in [6.07, 6.45) is -2.54. The van der Waals surface area contributed by atoms with Gasteiger partial charge in [0.2, 0.25) is 5.91 Å². The van der Waals surface area contributed by atoms with E-state index in [1.807, 2.05) is 0 Å². The Morgan fingerprint density at radius 1 is 1.18 bits per heavy atom. The third-order valence-electron chi connectivity index (χ3n) is 5.74. The number of hydrogen-bond acceptors (Lipinski definition) is 6. The average molecular weight is 475 g/mol. The number of nitrogens with zero attached hydrogens (tertiary/aromatic N) is 6. The molecule has 0 aliphatic carbocycles. The van der Waals surface area contributed by atoms with Gasteiger partial charge < -0.3 is 5.32 Å². The Balaban J connectivity index is 1.69. The lowest BCUT2D eigenvalue weighted by Crippen LogP contribution is -2.45. The second-order valence-electron chi connectivity index (χ2n) is 7.90. The molecule has 0 saturated carbocycles. The first-order valence-electron chi connectivity index (χ1n) is 9.90. The fourth-order valence-electron chi connectivity index (χ4n) is 3.97. The predicted octanol–water partition coefficient (Wildman–Crippen LogP) is 3.69. The van der Waals surface area contributed by atoms with Gasteiger partial charge in [0.25, 0.3) is 0 Å². The van der Waals surface area contributed by atoms with E-state index in [-0.39, 0.29) is 46.3 Å². The summed E-state index contributed by atoms with van der Waals surface area (Å²) in [7, 11) is 0. The van der Waals surface area contributed by atoms with Gasteiger partial charge in [-0.15, -0.1) is 0 Å². The zero-order valence-corrected chi connectivity index (χ0v) is 17.6. The first-order chi connectivity index (χ1) is 16.0. The molecule has 0 spiro atoms. The Hall–Kier alpha value is -4.03. The molecule has 1 atom stereocenters. The van der Waals surface area contributed by atoms with E-state index in [1.165, 1.54) is 29.9 Å². The highest BCUT2D eigenvalue weighted by molar-refractivity contribution is 6.06. The molecule has 1 aliphatic heterocycles. The summed E-state index contributed by atoms with van der Waals surface area (Å²) < 4.78 is 70.7. The third-order valence-corrected chi connectivity index (χ3v) is 5.74. The van der Waals surface area contributed by atoms with Crippen LogP contribution in [0.4, 0.5) is 27.8 Å². The molecule has 4 aromatic heterocycles. The monoisotopic (exact) mass is 475 g/mol. The molecule has 5 heterocycles. The van der Waals surface area contributed by atoms with Crippen LogP contribution in [0, 0.1) is 18.6 Å². The molecule has 1 N–H and O–H groups in total. The van der Waals surface area contributed by atoms with Crippen molar-refractivity contribution in [3.05, 3.63) is 59.2 Å². The van der Waals surface area contributed by atoms with Crippen molar-refractivity contribution in [1.82, 2.24) is 29.7 Å². The smallest absolute Gasteiger partial charge is 0.309 e. The minimum Gasteiger partial charge on any atom is -0.309 e. The second kappa shape index (κ2) is 7.23. The maximum Gasteiger partial charge on any atom is 0.407 e. The van der Waals surface area contributed by atoms with Crippen molar-refractivity contribution in [3.8, 4) is 11.5 Å². The van der Waals surface area contributed by atoms with E-state index in [1.54, 1.807) is 0 Å². The topological polar surface area (TPSA) is 98.5 Å². The molecule has 0 saturated heterocycles. The number of aryl methyl sites for hydroxylation is 1. The highest BCUT2D eigenvalue weighted by Crippen LogP contribution is 2.49. The number of fused-ring (bicyclic) bond motifs is 2. The molecule has 0 aromatic carbocycles. The van der Waals surface area contributed by atoms with E-state index in [2.05, 4.69) is 30.4 Å². The number of anilines is 1. The Bertz CT molecular complexity index is 1480. The van der Waals surface area contributed by atoms with Gasteiger partial charge in [0.15, 0.2) is 16.9 Å². The molecule has 174 valence electrons. The normalized spacial score (nSPS) is 17.8. The van der Waals surface area contributed by atoms with Gasteiger partial charge >= 0.3 is 6.18 Å². The van der Waals surface area contributed by atoms with E-state index in [9.17, 15) is 26.7 Å². The molecular weight excluding hydrogens is 461 g/mol. The van der Waals surface area contributed by atoms with Crippen molar-refractivity contribution in [2.24, 2.45) is 0 Å². The van der Waals surface area contributed by atoms with Crippen molar-refractivity contribution in [1.29, 1.82) is 0 Å². The Kier molecular flexibility index (Phi) is 4.64. The fourth-order valence-corrected chi connectivity index (χ4v) is 3.97. The number of halogens is 5. The lowest BCUT2D eigenvalue weighted by Gasteiger charge is -2.25. The molecule has 34 heavy (non-hydrogen) atoms. The number of nitrogens with one attached hydrogen (secondary N) is 1. The third kappa shape index (κ3) is 3.10. The molecule has 1 unspecified atom stereocenters.